The fourth-order valence-electron chi connectivity index (χ4n) is 2.58. The van der Waals surface area contributed by atoms with E-state index in [1.165, 1.54) is 24.3 Å². The molecule has 2 rings (SSSR count). The van der Waals surface area contributed by atoms with Crippen molar-refractivity contribution in [1.82, 2.24) is 4.90 Å². The van der Waals surface area contributed by atoms with Crippen molar-refractivity contribution in [3.8, 4) is 0 Å². The third-order valence-electron chi connectivity index (χ3n) is 3.99. The molecule has 0 spiro atoms. The molecule has 1 aromatic rings. The number of hydrogen-bond acceptors (Lipinski definition) is 5. The first-order chi connectivity index (χ1) is 10.9. The molecule has 0 saturated carbocycles. The molecule has 1 amide bonds. The van der Waals surface area contributed by atoms with Gasteiger partial charge in [0.05, 0.1) is 11.0 Å². The van der Waals surface area contributed by atoms with Gasteiger partial charge in [0.25, 0.3) is 0 Å². The van der Waals surface area contributed by atoms with E-state index in [0.717, 1.165) is 25.9 Å². The van der Waals surface area contributed by atoms with Gasteiger partial charge in [-0.15, -0.1) is 0 Å². The van der Waals surface area contributed by atoms with Gasteiger partial charge in [0.2, 0.25) is 15.9 Å². The summed E-state index contributed by atoms with van der Waals surface area (Å²) in [6, 6.07) is 5.81. The SMILES string of the molecule is COC1CCN(CCC(=O)Nc2ccc(S(N)(=O)=O)cc2)CC1. The molecule has 7 nitrogen and oxygen atoms in total. The molecule has 1 fully saturated rings. The minimum atomic E-state index is -3.71. The third-order valence-corrected chi connectivity index (χ3v) is 4.92. The van der Waals surface area contributed by atoms with Gasteiger partial charge in [-0.25, -0.2) is 13.6 Å². The summed E-state index contributed by atoms with van der Waals surface area (Å²) in [5.74, 6) is -0.0952. The highest BCUT2D eigenvalue weighted by Crippen LogP contribution is 2.14. The number of benzene rings is 1. The lowest BCUT2D eigenvalue weighted by Crippen LogP contribution is -2.38. The highest BCUT2D eigenvalue weighted by Gasteiger charge is 2.19. The summed E-state index contributed by atoms with van der Waals surface area (Å²) in [6.07, 6.45) is 2.71. The van der Waals surface area contributed by atoms with E-state index >= 15 is 0 Å². The van der Waals surface area contributed by atoms with Crippen LogP contribution < -0.4 is 10.5 Å². The van der Waals surface area contributed by atoms with Crippen LogP contribution in [0.25, 0.3) is 0 Å². The lowest BCUT2D eigenvalue weighted by molar-refractivity contribution is -0.116. The molecule has 8 heteroatoms. The molecule has 1 aliphatic rings. The number of methoxy groups -OCH3 is 1. The molecular formula is C15H23N3O4S. The molecular weight excluding hydrogens is 318 g/mol. The van der Waals surface area contributed by atoms with Gasteiger partial charge in [0.1, 0.15) is 0 Å². The largest absolute Gasteiger partial charge is 0.381 e. The zero-order chi connectivity index (χ0) is 16.9. The first kappa shape index (κ1) is 17.9. The number of hydrogen-bond donors (Lipinski definition) is 2. The number of primary sulfonamides is 1. The predicted octanol–water partition coefficient (Wildman–Crippen LogP) is 0.773. The Morgan fingerprint density at radius 3 is 2.43 bits per heavy atom. The normalized spacial score (nSPS) is 17.1. The Morgan fingerprint density at radius 2 is 1.91 bits per heavy atom. The second-order valence-electron chi connectivity index (χ2n) is 5.64. The average Bonchev–Trinajstić information content (AvgIpc) is 2.53. The van der Waals surface area contributed by atoms with Crippen molar-refractivity contribution in [2.24, 2.45) is 5.14 Å². The number of carbonyl (C=O) groups is 1. The Kier molecular flexibility index (Phi) is 6.11. The number of piperidine rings is 1. The number of rotatable bonds is 6. The maximum Gasteiger partial charge on any atom is 0.238 e. The van der Waals surface area contributed by atoms with E-state index in [-0.39, 0.29) is 10.8 Å². The van der Waals surface area contributed by atoms with Gasteiger partial charge in [0.15, 0.2) is 0 Å². The number of amides is 1. The monoisotopic (exact) mass is 341 g/mol. The number of nitrogens with two attached hydrogens (primary N) is 1. The maximum absolute atomic E-state index is 12.0. The summed E-state index contributed by atoms with van der Waals surface area (Å²) in [6.45, 7) is 2.58. The summed E-state index contributed by atoms with van der Waals surface area (Å²) >= 11 is 0. The van der Waals surface area contributed by atoms with Crippen LogP contribution in [0.15, 0.2) is 29.2 Å². The van der Waals surface area contributed by atoms with Crippen LogP contribution in [0.1, 0.15) is 19.3 Å². The fraction of sp³-hybridized carbons (Fsp3) is 0.533. The lowest BCUT2D eigenvalue weighted by Gasteiger charge is -2.30. The molecule has 0 radical (unpaired) electrons. The van der Waals surface area contributed by atoms with E-state index in [0.29, 0.717) is 24.8 Å². The van der Waals surface area contributed by atoms with Crippen LogP contribution in [0.4, 0.5) is 5.69 Å². The second kappa shape index (κ2) is 7.87. The van der Waals surface area contributed by atoms with Gasteiger partial charge in [-0.1, -0.05) is 0 Å². The fourth-order valence-corrected chi connectivity index (χ4v) is 3.10. The predicted molar refractivity (Wildman–Crippen MR) is 87.5 cm³/mol. The molecule has 23 heavy (non-hydrogen) atoms. The lowest BCUT2D eigenvalue weighted by atomic mass is 10.1. The van der Waals surface area contributed by atoms with Crippen LogP contribution in [0.5, 0.6) is 0 Å². The summed E-state index contributed by atoms with van der Waals surface area (Å²) < 4.78 is 27.6. The first-order valence-electron chi connectivity index (χ1n) is 7.56. The molecule has 1 heterocycles. The molecule has 0 bridgehead atoms. The Hall–Kier alpha value is -1.48. The zero-order valence-corrected chi connectivity index (χ0v) is 14.0. The van der Waals surface area contributed by atoms with Crippen molar-refractivity contribution in [1.29, 1.82) is 0 Å². The standard InChI is InChI=1S/C15H23N3O4S/c1-22-13-6-9-18(10-7-13)11-8-15(19)17-12-2-4-14(5-3-12)23(16,20)21/h2-5,13H,6-11H2,1H3,(H,17,19)(H2,16,20,21). The molecule has 3 N–H and O–H groups in total. The maximum atomic E-state index is 12.0. The Labute approximate surface area is 136 Å². The molecule has 128 valence electrons. The summed E-state index contributed by atoms with van der Waals surface area (Å²) in [5, 5.41) is 7.78. The summed E-state index contributed by atoms with van der Waals surface area (Å²) in [5.41, 5.74) is 0.556. The van der Waals surface area contributed by atoms with Gasteiger partial charge in [-0.2, -0.15) is 0 Å². The molecule has 0 aromatic heterocycles. The van der Waals surface area contributed by atoms with Crippen LogP contribution in [-0.2, 0) is 19.6 Å². The van der Waals surface area contributed by atoms with E-state index in [2.05, 4.69) is 10.2 Å². The van der Waals surface area contributed by atoms with E-state index in [1.807, 2.05) is 0 Å². The minimum absolute atomic E-state index is 0.0245. The van der Waals surface area contributed by atoms with Crippen LogP contribution in [0, 0.1) is 0 Å². The van der Waals surface area contributed by atoms with Crippen molar-refractivity contribution in [2.75, 3.05) is 32.1 Å². The number of sulfonamides is 1. The number of anilines is 1. The number of ether oxygens (including phenoxy) is 1. The smallest absolute Gasteiger partial charge is 0.238 e. The van der Waals surface area contributed by atoms with Crippen molar-refractivity contribution in [2.45, 2.75) is 30.3 Å². The van der Waals surface area contributed by atoms with Crippen molar-refractivity contribution in [3.05, 3.63) is 24.3 Å². The van der Waals surface area contributed by atoms with Gasteiger partial charge < -0.3 is 15.0 Å². The van der Waals surface area contributed by atoms with E-state index in [1.54, 1.807) is 7.11 Å². The number of nitrogens with zero attached hydrogens (tertiary/aromatic N) is 1. The zero-order valence-electron chi connectivity index (χ0n) is 13.2. The Bertz CT molecular complexity index is 623. The van der Waals surface area contributed by atoms with Gasteiger partial charge >= 0.3 is 0 Å². The quantitative estimate of drug-likeness (QED) is 0.796. The molecule has 1 saturated heterocycles. The van der Waals surface area contributed by atoms with Crippen LogP contribution in [0.3, 0.4) is 0 Å². The van der Waals surface area contributed by atoms with Crippen LogP contribution in [-0.4, -0.2) is 52.1 Å². The van der Waals surface area contributed by atoms with Crippen molar-refractivity contribution in [3.63, 3.8) is 0 Å². The molecule has 0 atom stereocenters. The highest BCUT2D eigenvalue weighted by molar-refractivity contribution is 7.89. The van der Waals surface area contributed by atoms with Gasteiger partial charge in [0, 0.05) is 38.9 Å². The number of carbonyl (C=O) groups excluding carboxylic acids is 1. The Morgan fingerprint density at radius 1 is 1.30 bits per heavy atom. The highest BCUT2D eigenvalue weighted by atomic mass is 32.2. The van der Waals surface area contributed by atoms with Gasteiger partial charge in [-0.05, 0) is 37.1 Å². The topological polar surface area (TPSA) is 102 Å². The molecule has 1 aliphatic heterocycles. The first-order valence-corrected chi connectivity index (χ1v) is 9.11. The molecule has 0 unspecified atom stereocenters. The van der Waals surface area contributed by atoms with Gasteiger partial charge in [-0.3, -0.25) is 4.79 Å². The van der Waals surface area contributed by atoms with Crippen molar-refractivity contribution < 1.29 is 17.9 Å². The van der Waals surface area contributed by atoms with E-state index in [9.17, 15) is 13.2 Å². The third kappa shape index (κ3) is 5.58. The minimum Gasteiger partial charge on any atom is -0.381 e. The average molecular weight is 341 g/mol. The Balaban J connectivity index is 1.77. The van der Waals surface area contributed by atoms with E-state index < -0.39 is 10.0 Å². The van der Waals surface area contributed by atoms with Crippen LogP contribution in [0.2, 0.25) is 0 Å². The number of likely N-dealkylation sites (tertiary alicyclic amines) is 1. The van der Waals surface area contributed by atoms with Crippen LogP contribution >= 0.6 is 0 Å². The number of nitrogens with one attached hydrogen (secondary N) is 1. The second-order valence-corrected chi connectivity index (χ2v) is 7.21. The summed E-state index contributed by atoms with van der Waals surface area (Å²) in [7, 11) is -1.98. The molecule has 1 aromatic carbocycles. The van der Waals surface area contributed by atoms with E-state index in [4.69, 9.17) is 9.88 Å². The summed E-state index contributed by atoms with van der Waals surface area (Å²) in [4.78, 5) is 14.2. The van der Waals surface area contributed by atoms with Crippen molar-refractivity contribution >= 4 is 21.6 Å². The molecule has 0 aliphatic carbocycles.